The highest BCUT2D eigenvalue weighted by Gasteiger charge is 2.16. The van der Waals surface area contributed by atoms with E-state index in [2.05, 4.69) is 55.5 Å². The van der Waals surface area contributed by atoms with Gasteiger partial charge < -0.3 is 15.7 Å². The fourth-order valence-electron chi connectivity index (χ4n) is 2.45. The van der Waals surface area contributed by atoms with E-state index in [0.29, 0.717) is 11.5 Å². The number of rotatable bonds is 6. The zero-order valence-electron chi connectivity index (χ0n) is 14.1. The lowest BCUT2D eigenvalue weighted by molar-refractivity contribution is 0.249. The van der Waals surface area contributed by atoms with Gasteiger partial charge in [0.25, 0.3) is 0 Å². The van der Waals surface area contributed by atoms with E-state index >= 15 is 0 Å². The van der Waals surface area contributed by atoms with Crippen LogP contribution in [0.25, 0.3) is 5.65 Å². The Labute approximate surface area is 154 Å². The summed E-state index contributed by atoms with van der Waals surface area (Å²) in [4.78, 5) is 8.81. The van der Waals surface area contributed by atoms with E-state index in [4.69, 9.17) is 0 Å². The van der Waals surface area contributed by atoms with Gasteiger partial charge in [-0.1, -0.05) is 19.9 Å². The van der Waals surface area contributed by atoms with E-state index in [1.54, 1.807) is 23.1 Å². The topological polar surface area (TPSA) is 86.8 Å². The Hall–Kier alpha value is -2.19. The van der Waals surface area contributed by atoms with Crippen molar-refractivity contribution in [3.63, 3.8) is 0 Å². The van der Waals surface area contributed by atoms with Gasteiger partial charge >= 0.3 is 0 Å². The van der Waals surface area contributed by atoms with E-state index in [9.17, 15) is 5.11 Å². The third kappa shape index (κ3) is 4.08. The third-order valence-electron chi connectivity index (χ3n) is 3.93. The molecule has 132 valence electrons. The standard InChI is InChI=1S/C17H21BrN6O/c1-11(2)14(10-25)22-15-7-16(21-12-5-3-4-6-19-8-12)24-17(23-15)13(18)9-20-24/h3-4,6-9,11,14,21,25H,5,10H2,1-2H3,(H,22,23). The van der Waals surface area contributed by atoms with Crippen molar-refractivity contribution in [2.45, 2.75) is 26.3 Å². The summed E-state index contributed by atoms with van der Waals surface area (Å²) in [6.07, 6.45) is 9.96. The zero-order valence-corrected chi connectivity index (χ0v) is 15.7. The molecule has 0 saturated heterocycles. The molecule has 0 fully saturated rings. The first-order valence-electron chi connectivity index (χ1n) is 8.14. The molecular formula is C17H21BrN6O. The molecule has 3 N–H and O–H groups in total. The first-order chi connectivity index (χ1) is 12.1. The SMILES string of the molecule is CC(C)C(CO)Nc1cc(NC2=CN=CC=CC2)n2ncc(Br)c2n1. The van der Waals surface area contributed by atoms with Crippen molar-refractivity contribution in [2.75, 3.05) is 17.2 Å². The molecule has 0 bridgehead atoms. The predicted molar refractivity (Wildman–Crippen MR) is 104 cm³/mol. The number of hydrogen-bond acceptors (Lipinski definition) is 6. The van der Waals surface area contributed by atoms with Crippen LogP contribution in [0.3, 0.4) is 0 Å². The van der Waals surface area contributed by atoms with Crippen LogP contribution in [0.5, 0.6) is 0 Å². The summed E-state index contributed by atoms with van der Waals surface area (Å²) in [7, 11) is 0. The van der Waals surface area contributed by atoms with Crippen molar-refractivity contribution in [3.8, 4) is 0 Å². The van der Waals surface area contributed by atoms with Crippen molar-refractivity contribution in [1.82, 2.24) is 14.6 Å². The number of aliphatic imine (C=N–C) groups is 1. The van der Waals surface area contributed by atoms with Crippen LogP contribution >= 0.6 is 15.9 Å². The summed E-state index contributed by atoms with van der Waals surface area (Å²) in [5.74, 6) is 1.73. The Bertz CT molecular complexity index is 839. The summed E-state index contributed by atoms with van der Waals surface area (Å²) in [6, 6.07) is 1.81. The number of aliphatic hydroxyl groups is 1. The number of aliphatic hydroxyl groups excluding tert-OH is 1. The third-order valence-corrected chi connectivity index (χ3v) is 4.49. The maximum Gasteiger partial charge on any atom is 0.173 e. The number of aromatic nitrogens is 3. The molecule has 0 spiro atoms. The number of hydrogen-bond donors (Lipinski definition) is 3. The molecule has 1 aliphatic rings. The molecule has 0 aliphatic carbocycles. The number of anilines is 2. The van der Waals surface area contributed by atoms with Gasteiger partial charge in [-0.2, -0.15) is 9.61 Å². The van der Waals surface area contributed by atoms with Gasteiger partial charge in [-0.15, -0.1) is 0 Å². The molecule has 2 aromatic rings. The van der Waals surface area contributed by atoms with E-state index in [1.807, 2.05) is 18.2 Å². The Balaban J connectivity index is 1.97. The minimum absolute atomic E-state index is 0.0401. The first kappa shape index (κ1) is 17.6. The van der Waals surface area contributed by atoms with Crippen LogP contribution in [0.4, 0.5) is 11.6 Å². The maximum atomic E-state index is 9.58. The molecule has 3 heterocycles. The molecule has 1 aliphatic heterocycles. The van der Waals surface area contributed by atoms with Gasteiger partial charge in [0.2, 0.25) is 0 Å². The second-order valence-electron chi connectivity index (χ2n) is 6.14. The predicted octanol–water partition coefficient (Wildman–Crippen LogP) is 3.20. The number of fused-ring (bicyclic) bond motifs is 1. The highest BCUT2D eigenvalue weighted by molar-refractivity contribution is 9.10. The van der Waals surface area contributed by atoms with E-state index in [0.717, 1.165) is 22.4 Å². The molecule has 0 saturated carbocycles. The van der Waals surface area contributed by atoms with Crippen molar-refractivity contribution in [2.24, 2.45) is 10.9 Å². The molecule has 0 aromatic carbocycles. The average molecular weight is 405 g/mol. The summed E-state index contributed by atoms with van der Waals surface area (Å²) in [6.45, 7) is 4.15. The van der Waals surface area contributed by atoms with Crippen LogP contribution in [0, 0.1) is 5.92 Å². The van der Waals surface area contributed by atoms with Crippen molar-refractivity contribution in [1.29, 1.82) is 0 Å². The lowest BCUT2D eigenvalue weighted by atomic mass is 10.1. The average Bonchev–Trinajstić information content (AvgIpc) is 2.80. The maximum absolute atomic E-state index is 9.58. The Kier molecular flexibility index (Phi) is 5.50. The van der Waals surface area contributed by atoms with Crippen molar-refractivity contribution in [3.05, 3.63) is 40.8 Å². The van der Waals surface area contributed by atoms with Gasteiger partial charge in [-0.25, -0.2) is 4.98 Å². The molecule has 0 amide bonds. The van der Waals surface area contributed by atoms with Crippen molar-refractivity contribution >= 4 is 39.4 Å². The van der Waals surface area contributed by atoms with Gasteiger partial charge in [0.05, 0.1) is 23.3 Å². The summed E-state index contributed by atoms with van der Waals surface area (Å²) < 4.78 is 2.54. The first-order valence-corrected chi connectivity index (χ1v) is 8.94. The molecule has 1 atom stereocenters. The van der Waals surface area contributed by atoms with Crippen LogP contribution in [0.1, 0.15) is 20.3 Å². The van der Waals surface area contributed by atoms with Gasteiger partial charge in [0, 0.05) is 30.6 Å². The zero-order chi connectivity index (χ0) is 17.8. The van der Waals surface area contributed by atoms with Gasteiger partial charge in [-0.05, 0) is 27.9 Å². The van der Waals surface area contributed by atoms with E-state index < -0.39 is 0 Å². The highest BCUT2D eigenvalue weighted by atomic mass is 79.9. The lowest BCUT2D eigenvalue weighted by Gasteiger charge is -2.21. The molecule has 1 unspecified atom stereocenters. The monoisotopic (exact) mass is 404 g/mol. The van der Waals surface area contributed by atoms with Crippen LogP contribution in [-0.2, 0) is 0 Å². The molecule has 0 radical (unpaired) electrons. The molecular weight excluding hydrogens is 384 g/mol. The Morgan fingerprint density at radius 1 is 1.40 bits per heavy atom. The second kappa shape index (κ2) is 7.79. The van der Waals surface area contributed by atoms with Crippen LogP contribution < -0.4 is 10.6 Å². The highest BCUT2D eigenvalue weighted by Crippen LogP contribution is 2.25. The van der Waals surface area contributed by atoms with Gasteiger partial charge in [0.15, 0.2) is 5.65 Å². The second-order valence-corrected chi connectivity index (χ2v) is 7.00. The van der Waals surface area contributed by atoms with Crippen molar-refractivity contribution < 1.29 is 5.11 Å². The largest absolute Gasteiger partial charge is 0.394 e. The van der Waals surface area contributed by atoms with E-state index in [-0.39, 0.29) is 18.6 Å². The molecule has 8 heteroatoms. The molecule has 2 aromatic heterocycles. The van der Waals surface area contributed by atoms with Crippen LogP contribution in [0.15, 0.2) is 45.8 Å². The summed E-state index contributed by atoms with van der Waals surface area (Å²) >= 11 is 3.49. The van der Waals surface area contributed by atoms with Crippen LogP contribution in [0.2, 0.25) is 0 Å². The summed E-state index contributed by atoms with van der Waals surface area (Å²) in [5.41, 5.74) is 1.65. The van der Waals surface area contributed by atoms with Gasteiger partial charge in [0.1, 0.15) is 11.6 Å². The minimum Gasteiger partial charge on any atom is -0.394 e. The van der Waals surface area contributed by atoms with Gasteiger partial charge in [-0.3, -0.25) is 4.99 Å². The minimum atomic E-state index is -0.0749. The number of nitrogens with one attached hydrogen (secondary N) is 2. The van der Waals surface area contributed by atoms with E-state index in [1.165, 1.54) is 0 Å². The Morgan fingerprint density at radius 2 is 2.24 bits per heavy atom. The normalized spacial score (nSPS) is 15.3. The number of halogens is 1. The molecule has 25 heavy (non-hydrogen) atoms. The smallest absolute Gasteiger partial charge is 0.173 e. The lowest BCUT2D eigenvalue weighted by Crippen LogP contribution is -2.30. The number of nitrogens with zero attached hydrogens (tertiary/aromatic N) is 4. The number of allylic oxidation sites excluding steroid dienone is 2. The molecule has 3 rings (SSSR count). The molecule has 7 nitrogen and oxygen atoms in total. The fourth-order valence-corrected chi connectivity index (χ4v) is 2.80. The summed E-state index contributed by atoms with van der Waals surface area (Å²) in [5, 5.41) is 20.6. The fraction of sp³-hybridized carbons (Fsp3) is 0.353. The van der Waals surface area contributed by atoms with Crippen LogP contribution in [-0.4, -0.2) is 38.6 Å². The quantitative estimate of drug-likeness (QED) is 0.687. The Morgan fingerprint density at radius 3 is 3.00 bits per heavy atom.